The number of hydrogen-bond acceptors (Lipinski definition) is 3. The van der Waals surface area contributed by atoms with Crippen molar-refractivity contribution in [3.05, 3.63) is 29.3 Å². The highest BCUT2D eigenvalue weighted by Crippen LogP contribution is 2.23. The van der Waals surface area contributed by atoms with E-state index in [-0.39, 0.29) is 12.5 Å². The molecule has 1 rings (SSSR count). The van der Waals surface area contributed by atoms with Crippen LogP contribution in [-0.4, -0.2) is 31.7 Å². The molecule has 0 unspecified atom stereocenters. The number of nitrogens with zero attached hydrogens (tertiary/aromatic N) is 1. The Labute approximate surface area is 108 Å². The first-order chi connectivity index (χ1) is 8.45. The topological polar surface area (TPSA) is 38.8 Å². The Hall–Kier alpha value is -1.55. The van der Waals surface area contributed by atoms with Crippen LogP contribution in [0.1, 0.15) is 30.9 Å². The molecule has 4 nitrogen and oxygen atoms in total. The van der Waals surface area contributed by atoms with E-state index in [1.54, 1.807) is 7.05 Å². The van der Waals surface area contributed by atoms with E-state index < -0.39 is 0 Å². The SMILES string of the molecule is CON(C)C(=O)COc1ccc(C(C)C)c(C)c1. The van der Waals surface area contributed by atoms with E-state index in [4.69, 9.17) is 9.57 Å². The zero-order chi connectivity index (χ0) is 13.7. The van der Waals surface area contributed by atoms with Gasteiger partial charge >= 0.3 is 0 Å². The Balaban J connectivity index is 2.64. The minimum Gasteiger partial charge on any atom is -0.484 e. The molecule has 1 amide bonds. The maximum atomic E-state index is 11.5. The molecule has 0 atom stereocenters. The van der Waals surface area contributed by atoms with Gasteiger partial charge in [0, 0.05) is 7.05 Å². The fourth-order valence-corrected chi connectivity index (χ4v) is 1.72. The van der Waals surface area contributed by atoms with Gasteiger partial charge in [-0.3, -0.25) is 9.63 Å². The number of hydroxylamine groups is 2. The van der Waals surface area contributed by atoms with Crippen molar-refractivity contribution in [2.45, 2.75) is 26.7 Å². The van der Waals surface area contributed by atoms with Gasteiger partial charge in [-0.15, -0.1) is 0 Å². The second-order valence-electron chi connectivity index (χ2n) is 4.54. The van der Waals surface area contributed by atoms with Crippen LogP contribution >= 0.6 is 0 Å². The van der Waals surface area contributed by atoms with E-state index in [9.17, 15) is 4.79 Å². The van der Waals surface area contributed by atoms with Crippen molar-refractivity contribution in [3.8, 4) is 5.75 Å². The maximum absolute atomic E-state index is 11.5. The highest BCUT2D eigenvalue weighted by atomic mass is 16.7. The molecule has 4 heteroatoms. The molecule has 0 saturated carbocycles. The Kier molecular flexibility index (Phi) is 5.16. The number of ether oxygens (including phenoxy) is 1. The van der Waals surface area contributed by atoms with Gasteiger partial charge in [-0.05, 0) is 36.1 Å². The van der Waals surface area contributed by atoms with E-state index in [0.717, 1.165) is 5.06 Å². The smallest absolute Gasteiger partial charge is 0.283 e. The largest absolute Gasteiger partial charge is 0.484 e. The minimum atomic E-state index is -0.219. The summed E-state index contributed by atoms with van der Waals surface area (Å²) in [4.78, 5) is 16.3. The monoisotopic (exact) mass is 251 g/mol. The van der Waals surface area contributed by atoms with Crippen molar-refractivity contribution in [2.24, 2.45) is 0 Å². The average Bonchev–Trinajstić information content (AvgIpc) is 2.34. The van der Waals surface area contributed by atoms with Gasteiger partial charge in [0.25, 0.3) is 5.91 Å². The fourth-order valence-electron chi connectivity index (χ4n) is 1.72. The van der Waals surface area contributed by atoms with E-state index in [1.807, 2.05) is 25.1 Å². The summed E-state index contributed by atoms with van der Waals surface area (Å²) >= 11 is 0. The summed E-state index contributed by atoms with van der Waals surface area (Å²) in [6.45, 7) is 6.33. The number of hydrogen-bond donors (Lipinski definition) is 0. The lowest BCUT2D eigenvalue weighted by Gasteiger charge is -2.15. The molecule has 0 radical (unpaired) electrons. The standard InChI is InChI=1S/C14H21NO3/c1-10(2)13-7-6-12(8-11(13)3)18-9-14(16)15(4)17-5/h6-8,10H,9H2,1-5H3. The Morgan fingerprint density at radius 1 is 1.39 bits per heavy atom. The second kappa shape index (κ2) is 6.40. The number of aryl methyl sites for hydroxylation is 1. The number of likely N-dealkylation sites (N-methyl/N-ethyl adjacent to an activating group) is 1. The summed E-state index contributed by atoms with van der Waals surface area (Å²) in [5, 5.41) is 1.15. The van der Waals surface area contributed by atoms with Crippen LogP contribution < -0.4 is 4.74 Å². The number of benzene rings is 1. The molecule has 0 aliphatic carbocycles. The third-order valence-electron chi connectivity index (χ3n) is 2.85. The van der Waals surface area contributed by atoms with Gasteiger partial charge < -0.3 is 4.74 Å². The van der Waals surface area contributed by atoms with Crippen molar-refractivity contribution < 1.29 is 14.4 Å². The van der Waals surface area contributed by atoms with Gasteiger partial charge in [0.15, 0.2) is 6.61 Å². The minimum absolute atomic E-state index is 0.0230. The zero-order valence-corrected chi connectivity index (χ0v) is 11.7. The summed E-state index contributed by atoms with van der Waals surface area (Å²) in [6.07, 6.45) is 0. The van der Waals surface area contributed by atoms with Crippen LogP contribution in [-0.2, 0) is 9.63 Å². The third-order valence-corrected chi connectivity index (χ3v) is 2.85. The molecule has 0 saturated heterocycles. The first-order valence-corrected chi connectivity index (χ1v) is 5.99. The quantitative estimate of drug-likeness (QED) is 0.755. The van der Waals surface area contributed by atoms with E-state index in [0.29, 0.717) is 11.7 Å². The molecule has 0 aromatic heterocycles. The predicted octanol–water partition coefficient (Wildman–Crippen LogP) is 2.52. The van der Waals surface area contributed by atoms with Crippen molar-refractivity contribution in [1.29, 1.82) is 0 Å². The molecule has 0 heterocycles. The van der Waals surface area contributed by atoms with Gasteiger partial charge in [-0.1, -0.05) is 19.9 Å². The predicted molar refractivity (Wildman–Crippen MR) is 70.5 cm³/mol. The fraction of sp³-hybridized carbons (Fsp3) is 0.500. The summed E-state index contributed by atoms with van der Waals surface area (Å²) < 4.78 is 5.44. The lowest BCUT2D eigenvalue weighted by atomic mass is 9.98. The molecule has 0 bridgehead atoms. The molecule has 0 fully saturated rings. The van der Waals surface area contributed by atoms with Gasteiger partial charge in [0.05, 0.1) is 7.11 Å². The zero-order valence-electron chi connectivity index (χ0n) is 11.7. The number of carbonyl (C=O) groups excluding carboxylic acids is 1. The molecule has 100 valence electrons. The lowest BCUT2D eigenvalue weighted by Crippen LogP contribution is -2.30. The van der Waals surface area contributed by atoms with Crippen LogP contribution in [0.5, 0.6) is 5.75 Å². The molecule has 0 N–H and O–H groups in total. The van der Waals surface area contributed by atoms with Crippen molar-refractivity contribution in [3.63, 3.8) is 0 Å². The van der Waals surface area contributed by atoms with Gasteiger partial charge in [-0.25, -0.2) is 5.06 Å². The summed E-state index contributed by atoms with van der Waals surface area (Å²) in [5.41, 5.74) is 2.47. The Morgan fingerprint density at radius 2 is 2.06 bits per heavy atom. The average molecular weight is 251 g/mol. The van der Waals surface area contributed by atoms with Crippen LogP contribution in [0.4, 0.5) is 0 Å². The van der Waals surface area contributed by atoms with E-state index >= 15 is 0 Å². The van der Waals surface area contributed by atoms with Crippen LogP contribution in [0.3, 0.4) is 0 Å². The summed E-state index contributed by atoms with van der Waals surface area (Å²) in [5.74, 6) is 0.971. The van der Waals surface area contributed by atoms with Crippen LogP contribution in [0.2, 0.25) is 0 Å². The van der Waals surface area contributed by atoms with Crippen LogP contribution in [0.25, 0.3) is 0 Å². The Bertz CT molecular complexity index is 416. The molecular weight excluding hydrogens is 230 g/mol. The number of amides is 1. The molecule has 18 heavy (non-hydrogen) atoms. The van der Waals surface area contributed by atoms with Crippen LogP contribution in [0.15, 0.2) is 18.2 Å². The van der Waals surface area contributed by atoms with Crippen molar-refractivity contribution in [2.75, 3.05) is 20.8 Å². The van der Waals surface area contributed by atoms with Crippen molar-refractivity contribution >= 4 is 5.91 Å². The third kappa shape index (κ3) is 3.74. The van der Waals surface area contributed by atoms with Gasteiger partial charge in [0.2, 0.25) is 0 Å². The molecular formula is C14H21NO3. The normalized spacial score (nSPS) is 10.6. The van der Waals surface area contributed by atoms with E-state index in [1.165, 1.54) is 18.2 Å². The second-order valence-corrected chi connectivity index (χ2v) is 4.54. The highest BCUT2D eigenvalue weighted by molar-refractivity contribution is 5.76. The Morgan fingerprint density at radius 3 is 2.56 bits per heavy atom. The summed E-state index contributed by atoms with van der Waals surface area (Å²) in [7, 11) is 3.00. The molecule has 1 aromatic rings. The first-order valence-electron chi connectivity index (χ1n) is 5.99. The first kappa shape index (κ1) is 14.5. The summed E-state index contributed by atoms with van der Waals surface area (Å²) in [6, 6.07) is 5.89. The lowest BCUT2D eigenvalue weighted by molar-refractivity contribution is -0.170. The molecule has 0 spiro atoms. The highest BCUT2D eigenvalue weighted by Gasteiger charge is 2.09. The van der Waals surface area contributed by atoms with E-state index in [2.05, 4.69) is 13.8 Å². The number of rotatable bonds is 5. The van der Waals surface area contributed by atoms with Gasteiger partial charge in [0.1, 0.15) is 5.75 Å². The van der Waals surface area contributed by atoms with Crippen molar-refractivity contribution in [1.82, 2.24) is 5.06 Å². The molecule has 0 aliphatic rings. The molecule has 0 aliphatic heterocycles. The number of carbonyl (C=O) groups is 1. The maximum Gasteiger partial charge on any atom is 0.283 e. The molecule has 1 aromatic carbocycles. The van der Waals surface area contributed by atoms with Gasteiger partial charge in [-0.2, -0.15) is 0 Å². The van der Waals surface area contributed by atoms with Crippen LogP contribution in [0, 0.1) is 6.92 Å².